The zero-order valence-corrected chi connectivity index (χ0v) is 17.5. The Morgan fingerprint density at radius 3 is 2.66 bits per heavy atom. The highest BCUT2D eigenvalue weighted by Crippen LogP contribution is 2.24. The van der Waals surface area contributed by atoms with E-state index in [1.165, 1.54) is 42.4 Å². The van der Waals surface area contributed by atoms with Crippen LogP contribution in [0.3, 0.4) is 0 Å². The van der Waals surface area contributed by atoms with Crippen molar-refractivity contribution >= 4 is 5.91 Å². The van der Waals surface area contributed by atoms with Crippen LogP contribution in [0.25, 0.3) is 0 Å². The Hall–Kier alpha value is -2.17. The van der Waals surface area contributed by atoms with Crippen LogP contribution in [-0.4, -0.2) is 30.4 Å². The first-order valence-corrected chi connectivity index (χ1v) is 11.1. The van der Waals surface area contributed by atoms with Gasteiger partial charge in [-0.15, -0.1) is 0 Å². The summed E-state index contributed by atoms with van der Waals surface area (Å²) in [6.07, 6.45) is 8.64. The summed E-state index contributed by atoms with van der Waals surface area (Å²) < 4.78 is 0. The Morgan fingerprint density at radius 2 is 1.83 bits per heavy atom. The van der Waals surface area contributed by atoms with Crippen molar-refractivity contribution in [2.45, 2.75) is 63.5 Å². The van der Waals surface area contributed by atoms with E-state index in [0.717, 1.165) is 31.4 Å². The molecule has 2 atom stereocenters. The van der Waals surface area contributed by atoms with Gasteiger partial charge in [0.25, 0.3) is 0 Å². The number of carbonyl (C=O) groups excluding carboxylic acids is 1. The van der Waals surface area contributed by atoms with E-state index in [9.17, 15) is 4.79 Å². The second-order valence-corrected chi connectivity index (χ2v) is 8.63. The molecule has 154 valence electrons. The van der Waals surface area contributed by atoms with Gasteiger partial charge in [0.15, 0.2) is 0 Å². The van der Waals surface area contributed by atoms with Gasteiger partial charge in [-0.2, -0.15) is 0 Å². The van der Waals surface area contributed by atoms with Crippen LogP contribution >= 0.6 is 0 Å². The number of fused-ring (bicyclic) bond motifs is 1. The van der Waals surface area contributed by atoms with Crippen LogP contribution in [0.2, 0.25) is 0 Å². The van der Waals surface area contributed by atoms with E-state index in [1.807, 2.05) is 11.9 Å². The van der Waals surface area contributed by atoms with E-state index in [1.54, 1.807) is 0 Å². The van der Waals surface area contributed by atoms with Crippen molar-refractivity contribution in [3.8, 4) is 0 Å². The molecule has 0 saturated carbocycles. The number of likely N-dealkylation sites (N-methyl/N-ethyl adjacent to an activating group) is 1. The standard InChI is InChI=1S/C25H33N3O/c1-28(25(29)17-19-13-14-20-8-5-6-11-22(20)16-19)15-7-12-23-18-24(27-26-23)21-9-3-2-4-10-21/h2-4,9-10,13-14,16,23-24,26-27H,5-8,11-12,15,17-18H2,1H3. The van der Waals surface area contributed by atoms with Gasteiger partial charge in [0.05, 0.1) is 6.42 Å². The molecule has 4 nitrogen and oxygen atoms in total. The first-order chi connectivity index (χ1) is 14.2. The Kier molecular flexibility index (Phi) is 6.63. The molecule has 0 spiro atoms. The van der Waals surface area contributed by atoms with Crippen molar-refractivity contribution < 1.29 is 4.79 Å². The molecule has 2 aromatic carbocycles. The van der Waals surface area contributed by atoms with Crippen molar-refractivity contribution in [1.29, 1.82) is 0 Å². The van der Waals surface area contributed by atoms with Crippen LogP contribution in [0.15, 0.2) is 48.5 Å². The smallest absolute Gasteiger partial charge is 0.226 e. The molecule has 2 aliphatic rings. The second-order valence-electron chi connectivity index (χ2n) is 8.63. The maximum Gasteiger partial charge on any atom is 0.226 e. The van der Waals surface area contributed by atoms with E-state index >= 15 is 0 Å². The number of amides is 1. The van der Waals surface area contributed by atoms with Crippen molar-refractivity contribution in [1.82, 2.24) is 15.8 Å². The molecule has 4 rings (SSSR count). The van der Waals surface area contributed by atoms with Crippen LogP contribution in [-0.2, 0) is 24.1 Å². The Bertz CT molecular complexity index is 820. The van der Waals surface area contributed by atoms with Gasteiger partial charge in [-0.25, -0.2) is 0 Å². The fraction of sp³-hybridized carbons (Fsp3) is 0.480. The van der Waals surface area contributed by atoms with Crippen LogP contribution in [0.5, 0.6) is 0 Å². The molecule has 0 aromatic heterocycles. The van der Waals surface area contributed by atoms with Gasteiger partial charge >= 0.3 is 0 Å². The fourth-order valence-electron chi connectivity index (χ4n) is 4.62. The first-order valence-electron chi connectivity index (χ1n) is 11.1. The molecule has 0 bridgehead atoms. The lowest BCUT2D eigenvalue weighted by Crippen LogP contribution is -2.33. The maximum atomic E-state index is 12.6. The predicted octanol–water partition coefficient (Wildman–Crippen LogP) is 3.95. The average molecular weight is 392 g/mol. The fourth-order valence-corrected chi connectivity index (χ4v) is 4.62. The second kappa shape index (κ2) is 9.55. The number of hydrazine groups is 1. The van der Waals surface area contributed by atoms with Gasteiger partial charge in [0, 0.05) is 25.7 Å². The molecule has 1 aliphatic heterocycles. The van der Waals surface area contributed by atoms with Crippen LogP contribution in [0.4, 0.5) is 0 Å². The third kappa shape index (κ3) is 5.26. The highest BCUT2D eigenvalue weighted by atomic mass is 16.2. The minimum absolute atomic E-state index is 0.223. The van der Waals surface area contributed by atoms with E-state index in [2.05, 4.69) is 59.4 Å². The van der Waals surface area contributed by atoms with Crippen molar-refractivity contribution in [2.75, 3.05) is 13.6 Å². The SMILES string of the molecule is CN(CCCC1CC(c2ccccc2)NN1)C(=O)Cc1ccc2c(c1)CCCC2. The van der Waals surface area contributed by atoms with Crippen LogP contribution < -0.4 is 10.9 Å². The lowest BCUT2D eigenvalue weighted by atomic mass is 9.90. The van der Waals surface area contributed by atoms with Crippen molar-refractivity contribution in [3.05, 3.63) is 70.8 Å². The van der Waals surface area contributed by atoms with Gasteiger partial charge in [-0.1, -0.05) is 48.5 Å². The van der Waals surface area contributed by atoms with E-state index in [4.69, 9.17) is 0 Å². The molecule has 1 heterocycles. The molecule has 29 heavy (non-hydrogen) atoms. The first kappa shape index (κ1) is 20.1. The quantitative estimate of drug-likeness (QED) is 0.751. The average Bonchev–Trinajstić information content (AvgIpc) is 3.23. The van der Waals surface area contributed by atoms with Crippen LogP contribution in [0.1, 0.15) is 60.4 Å². The summed E-state index contributed by atoms with van der Waals surface area (Å²) in [5.41, 5.74) is 12.3. The largest absolute Gasteiger partial charge is 0.345 e. The van der Waals surface area contributed by atoms with Crippen molar-refractivity contribution in [3.63, 3.8) is 0 Å². The Morgan fingerprint density at radius 1 is 1.03 bits per heavy atom. The van der Waals surface area contributed by atoms with Gasteiger partial charge in [0.1, 0.15) is 0 Å². The molecule has 0 radical (unpaired) electrons. The Balaban J connectivity index is 1.20. The molecule has 1 aliphatic carbocycles. The number of nitrogens with zero attached hydrogens (tertiary/aromatic N) is 1. The molecule has 2 N–H and O–H groups in total. The monoisotopic (exact) mass is 391 g/mol. The molecule has 1 amide bonds. The molecular weight excluding hydrogens is 358 g/mol. The van der Waals surface area contributed by atoms with Crippen LogP contribution in [0, 0.1) is 0 Å². The molecular formula is C25H33N3O. The summed E-state index contributed by atoms with van der Waals surface area (Å²) in [7, 11) is 1.94. The summed E-state index contributed by atoms with van der Waals surface area (Å²) >= 11 is 0. The lowest BCUT2D eigenvalue weighted by Gasteiger charge is -2.20. The summed E-state index contributed by atoms with van der Waals surface area (Å²) in [4.78, 5) is 14.5. The molecule has 4 heteroatoms. The van der Waals surface area contributed by atoms with E-state index < -0.39 is 0 Å². The zero-order chi connectivity index (χ0) is 20.1. The number of aryl methyl sites for hydroxylation is 2. The third-order valence-corrected chi connectivity index (χ3v) is 6.42. The van der Waals surface area contributed by atoms with Crippen molar-refractivity contribution in [2.24, 2.45) is 0 Å². The number of nitrogens with one attached hydrogen (secondary N) is 2. The number of carbonyl (C=O) groups is 1. The third-order valence-electron chi connectivity index (χ3n) is 6.42. The minimum Gasteiger partial charge on any atom is -0.345 e. The molecule has 2 aromatic rings. The zero-order valence-electron chi connectivity index (χ0n) is 17.5. The maximum absolute atomic E-state index is 12.6. The van der Waals surface area contributed by atoms with Gasteiger partial charge < -0.3 is 4.90 Å². The molecule has 2 unspecified atom stereocenters. The highest BCUT2D eigenvalue weighted by molar-refractivity contribution is 5.78. The number of rotatable bonds is 7. The minimum atomic E-state index is 0.223. The topological polar surface area (TPSA) is 44.4 Å². The lowest BCUT2D eigenvalue weighted by molar-refractivity contribution is -0.129. The number of benzene rings is 2. The van der Waals surface area contributed by atoms with Gasteiger partial charge in [0.2, 0.25) is 5.91 Å². The summed E-state index contributed by atoms with van der Waals surface area (Å²) in [6.45, 7) is 0.817. The van der Waals surface area contributed by atoms with Gasteiger partial charge in [-0.05, 0) is 67.2 Å². The Labute approximate surface area is 174 Å². The van der Waals surface area contributed by atoms with E-state index in [0.29, 0.717) is 18.5 Å². The number of hydrogen-bond acceptors (Lipinski definition) is 3. The number of hydrogen-bond donors (Lipinski definition) is 2. The summed E-state index contributed by atoms with van der Waals surface area (Å²) in [5, 5.41) is 0. The summed E-state index contributed by atoms with van der Waals surface area (Å²) in [5.74, 6) is 0.223. The molecule has 1 fully saturated rings. The highest BCUT2D eigenvalue weighted by Gasteiger charge is 2.24. The molecule has 1 saturated heterocycles. The summed E-state index contributed by atoms with van der Waals surface area (Å²) in [6, 6.07) is 18.1. The van der Waals surface area contributed by atoms with E-state index in [-0.39, 0.29) is 5.91 Å². The van der Waals surface area contributed by atoms with Gasteiger partial charge in [-0.3, -0.25) is 15.6 Å². The predicted molar refractivity (Wildman–Crippen MR) is 118 cm³/mol. The normalized spacial score (nSPS) is 21.0.